The fourth-order valence-electron chi connectivity index (χ4n) is 2.65. The molecule has 2 aliphatic rings. The second-order valence-corrected chi connectivity index (χ2v) is 6.29. The Morgan fingerprint density at radius 1 is 1.33 bits per heavy atom. The standard InChI is InChI=1S/C13H22N2O3/c1-12(2,3)18-11(17)15-8-10(16)13(9-15)4-6-14-7-5-13/h14H,4-9H2,1-3H3. The van der Waals surface area contributed by atoms with E-state index in [4.69, 9.17) is 4.74 Å². The highest BCUT2D eigenvalue weighted by Gasteiger charge is 2.48. The molecule has 5 nitrogen and oxygen atoms in total. The Labute approximate surface area is 108 Å². The van der Waals surface area contributed by atoms with Crippen LogP contribution in [0.5, 0.6) is 0 Å². The molecule has 18 heavy (non-hydrogen) atoms. The predicted molar refractivity (Wildman–Crippen MR) is 67.4 cm³/mol. The number of amides is 1. The monoisotopic (exact) mass is 254 g/mol. The molecule has 5 heteroatoms. The largest absolute Gasteiger partial charge is 0.444 e. The molecule has 0 radical (unpaired) electrons. The third kappa shape index (κ3) is 2.66. The Hall–Kier alpha value is -1.10. The lowest BCUT2D eigenvalue weighted by molar-refractivity contribution is -0.125. The summed E-state index contributed by atoms with van der Waals surface area (Å²) in [6.07, 6.45) is 1.28. The Balaban J connectivity index is 2.02. The minimum atomic E-state index is -0.510. The molecule has 2 rings (SSSR count). The zero-order valence-electron chi connectivity index (χ0n) is 11.4. The summed E-state index contributed by atoms with van der Waals surface area (Å²) in [6, 6.07) is 0. The number of carbonyl (C=O) groups is 2. The SMILES string of the molecule is CC(C)(C)OC(=O)N1CC(=O)C2(CCNCC2)C1. The highest BCUT2D eigenvalue weighted by atomic mass is 16.6. The second kappa shape index (κ2) is 4.53. The smallest absolute Gasteiger partial charge is 0.410 e. The van der Waals surface area contributed by atoms with Crippen LogP contribution in [0, 0.1) is 5.41 Å². The first-order valence-electron chi connectivity index (χ1n) is 6.54. The summed E-state index contributed by atoms with van der Waals surface area (Å²) in [6.45, 7) is 7.94. The molecule has 0 unspecified atom stereocenters. The van der Waals surface area contributed by atoms with Crippen molar-refractivity contribution in [3.05, 3.63) is 0 Å². The maximum atomic E-state index is 12.2. The Morgan fingerprint density at radius 3 is 2.50 bits per heavy atom. The second-order valence-electron chi connectivity index (χ2n) is 6.29. The van der Waals surface area contributed by atoms with Gasteiger partial charge in [0.2, 0.25) is 0 Å². The van der Waals surface area contributed by atoms with Gasteiger partial charge in [-0.3, -0.25) is 9.69 Å². The molecule has 2 aliphatic heterocycles. The van der Waals surface area contributed by atoms with Crippen LogP contribution < -0.4 is 5.32 Å². The van der Waals surface area contributed by atoms with Crippen LogP contribution in [-0.4, -0.2) is 48.6 Å². The van der Waals surface area contributed by atoms with Crippen molar-refractivity contribution in [3.8, 4) is 0 Å². The summed E-state index contributed by atoms with van der Waals surface area (Å²) in [4.78, 5) is 25.7. The summed E-state index contributed by atoms with van der Waals surface area (Å²) in [5, 5.41) is 3.25. The number of rotatable bonds is 0. The van der Waals surface area contributed by atoms with E-state index in [2.05, 4.69) is 5.32 Å². The van der Waals surface area contributed by atoms with Crippen LogP contribution >= 0.6 is 0 Å². The molecular formula is C13H22N2O3. The molecule has 2 saturated heterocycles. The third-order valence-corrected chi connectivity index (χ3v) is 3.63. The number of hydrogen-bond acceptors (Lipinski definition) is 4. The predicted octanol–water partition coefficient (Wildman–Crippen LogP) is 1.18. The Morgan fingerprint density at radius 2 is 1.94 bits per heavy atom. The number of nitrogens with zero attached hydrogens (tertiary/aromatic N) is 1. The number of carbonyl (C=O) groups excluding carboxylic acids is 2. The van der Waals surface area contributed by atoms with Gasteiger partial charge in [-0.2, -0.15) is 0 Å². The minimum absolute atomic E-state index is 0.190. The highest BCUT2D eigenvalue weighted by molar-refractivity contribution is 5.92. The number of piperidine rings is 1. The Kier molecular flexibility index (Phi) is 3.36. The van der Waals surface area contributed by atoms with Crippen LogP contribution in [0.4, 0.5) is 4.79 Å². The van der Waals surface area contributed by atoms with E-state index in [9.17, 15) is 9.59 Å². The minimum Gasteiger partial charge on any atom is -0.444 e. The molecule has 0 aliphatic carbocycles. The quantitative estimate of drug-likeness (QED) is 0.705. The number of nitrogens with one attached hydrogen (secondary N) is 1. The molecule has 2 heterocycles. The summed E-state index contributed by atoms with van der Waals surface area (Å²) >= 11 is 0. The first-order chi connectivity index (χ1) is 8.32. The number of likely N-dealkylation sites (tertiary alicyclic amines) is 1. The van der Waals surface area contributed by atoms with Gasteiger partial charge in [0, 0.05) is 6.54 Å². The van der Waals surface area contributed by atoms with E-state index in [0.29, 0.717) is 6.54 Å². The molecular weight excluding hydrogens is 232 g/mol. The van der Waals surface area contributed by atoms with Crippen LogP contribution in [0.25, 0.3) is 0 Å². The zero-order chi connectivity index (χ0) is 13.4. The summed E-state index contributed by atoms with van der Waals surface area (Å²) in [5.41, 5.74) is -0.827. The number of Topliss-reactive ketones (excluding diaryl/α,β-unsaturated/α-hetero) is 1. The maximum Gasteiger partial charge on any atom is 0.410 e. The number of ether oxygens (including phenoxy) is 1. The molecule has 2 fully saturated rings. The maximum absolute atomic E-state index is 12.2. The van der Waals surface area contributed by atoms with E-state index in [1.165, 1.54) is 0 Å². The van der Waals surface area contributed by atoms with Gasteiger partial charge < -0.3 is 10.1 Å². The van der Waals surface area contributed by atoms with Crippen LogP contribution in [0.2, 0.25) is 0 Å². The van der Waals surface area contributed by atoms with E-state index in [1.807, 2.05) is 20.8 Å². The molecule has 1 amide bonds. The molecule has 1 spiro atoms. The normalized spacial score (nSPS) is 23.5. The topological polar surface area (TPSA) is 58.6 Å². The molecule has 0 saturated carbocycles. The zero-order valence-corrected chi connectivity index (χ0v) is 11.4. The third-order valence-electron chi connectivity index (χ3n) is 3.63. The summed E-state index contributed by atoms with van der Waals surface area (Å²) in [5.74, 6) is 0.190. The van der Waals surface area contributed by atoms with Gasteiger partial charge in [0.25, 0.3) is 0 Å². The van der Waals surface area contributed by atoms with Crippen LogP contribution in [0.1, 0.15) is 33.6 Å². The molecule has 0 bridgehead atoms. The van der Waals surface area contributed by atoms with Crippen molar-refractivity contribution >= 4 is 11.9 Å². The summed E-state index contributed by atoms with van der Waals surface area (Å²) in [7, 11) is 0. The van der Waals surface area contributed by atoms with E-state index < -0.39 is 5.60 Å². The van der Waals surface area contributed by atoms with Crippen molar-refractivity contribution in [3.63, 3.8) is 0 Å². The number of hydrogen-bond donors (Lipinski definition) is 1. The van der Waals surface area contributed by atoms with E-state index in [0.717, 1.165) is 25.9 Å². The van der Waals surface area contributed by atoms with Crippen molar-refractivity contribution in [2.24, 2.45) is 5.41 Å². The lowest BCUT2D eigenvalue weighted by atomic mass is 9.77. The van der Waals surface area contributed by atoms with Crippen molar-refractivity contribution in [2.75, 3.05) is 26.2 Å². The average molecular weight is 254 g/mol. The van der Waals surface area contributed by atoms with Crippen molar-refractivity contribution in [2.45, 2.75) is 39.2 Å². The van der Waals surface area contributed by atoms with Crippen molar-refractivity contribution < 1.29 is 14.3 Å². The molecule has 102 valence electrons. The molecule has 0 aromatic rings. The van der Waals surface area contributed by atoms with E-state index in [1.54, 1.807) is 4.90 Å². The lowest BCUT2D eigenvalue weighted by Gasteiger charge is -2.32. The van der Waals surface area contributed by atoms with Gasteiger partial charge in [-0.1, -0.05) is 0 Å². The summed E-state index contributed by atoms with van der Waals surface area (Å²) < 4.78 is 5.32. The number of ketones is 1. The van der Waals surface area contributed by atoms with Gasteiger partial charge in [-0.25, -0.2) is 4.79 Å². The molecule has 0 atom stereocenters. The van der Waals surface area contributed by atoms with E-state index in [-0.39, 0.29) is 23.8 Å². The first kappa shape index (κ1) is 13.3. The van der Waals surface area contributed by atoms with Crippen molar-refractivity contribution in [1.29, 1.82) is 0 Å². The molecule has 0 aromatic carbocycles. The average Bonchev–Trinajstić information content (AvgIpc) is 2.56. The van der Waals surface area contributed by atoms with Gasteiger partial charge in [0.1, 0.15) is 5.60 Å². The highest BCUT2D eigenvalue weighted by Crippen LogP contribution is 2.36. The van der Waals surface area contributed by atoms with Gasteiger partial charge in [-0.05, 0) is 46.7 Å². The lowest BCUT2D eigenvalue weighted by Crippen LogP contribution is -2.43. The van der Waals surface area contributed by atoms with Gasteiger partial charge in [-0.15, -0.1) is 0 Å². The van der Waals surface area contributed by atoms with Crippen molar-refractivity contribution in [1.82, 2.24) is 10.2 Å². The van der Waals surface area contributed by atoms with Gasteiger partial charge in [0.15, 0.2) is 5.78 Å². The van der Waals surface area contributed by atoms with Gasteiger partial charge >= 0.3 is 6.09 Å². The first-order valence-corrected chi connectivity index (χ1v) is 6.54. The molecule has 0 aromatic heterocycles. The van der Waals surface area contributed by atoms with Crippen LogP contribution in [-0.2, 0) is 9.53 Å². The van der Waals surface area contributed by atoms with E-state index >= 15 is 0 Å². The molecule has 1 N–H and O–H groups in total. The fourth-order valence-corrected chi connectivity index (χ4v) is 2.65. The Bertz CT molecular complexity index is 354. The van der Waals surface area contributed by atoms with Crippen LogP contribution in [0.15, 0.2) is 0 Å². The fraction of sp³-hybridized carbons (Fsp3) is 0.846. The van der Waals surface area contributed by atoms with Crippen LogP contribution in [0.3, 0.4) is 0 Å². The van der Waals surface area contributed by atoms with Gasteiger partial charge in [0.05, 0.1) is 12.0 Å².